The maximum absolute atomic E-state index is 6.46. The van der Waals surface area contributed by atoms with Gasteiger partial charge < -0.3 is 21.6 Å². The fourth-order valence-corrected chi connectivity index (χ4v) is 6.99. The Morgan fingerprint density at radius 1 is 0.479 bits per heavy atom. The molecule has 0 radical (unpaired) electrons. The molecule has 0 amide bonds. The molecule has 0 heterocycles. The van der Waals surface area contributed by atoms with E-state index in [-0.39, 0.29) is 12.4 Å². The molecule has 2 nitrogen and oxygen atoms in total. The first-order valence-corrected chi connectivity index (χ1v) is 21.3. The summed E-state index contributed by atoms with van der Waals surface area (Å²) < 4.78 is 7.49. The van der Waals surface area contributed by atoms with Crippen LogP contribution in [-0.2, 0) is 4.74 Å². The molecular weight excluding hydrogens is 606 g/mol. The zero-order chi connectivity index (χ0) is 34.5. The van der Waals surface area contributed by atoms with Crippen LogP contribution < -0.4 is 12.4 Å². The highest BCUT2D eigenvalue weighted by molar-refractivity contribution is 4.82. The van der Waals surface area contributed by atoms with Crippen LogP contribution >= 0.6 is 0 Å². The van der Waals surface area contributed by atoms with Crippen molar-refractivity contribution in [3.8, 4) is 0 Å². The molecule has 0 N–H and O–H groups in total. The Morgan fingerprint density at radius 2 is 0.812 bits per heavy atom. The summed E-state index contributed by atoms with van der Waals surface area (Å²) in [5, 5.41) is 0. The van der Waals surface area contributed by atoms with Gasteiger partial charge in [-0.15, -0.1) is 6.58 Å². The predicted molar refractivity (Wildman–Crippen MR) is 214 cm³/mol. The van der Waals surface area contributed by atoms with Crippen LogP contribution in [0.1, 0.15) is 206 Å². The molecule has 0 spiro atoms. The van der Waals surface area contributed by atoms with E-state index in [1.54, 1.807) is 0 Å². The normalized spacial score (nSPS) is 13.4. The Bertz CT molecular complexity index is 681. The molecule has 0 fully saturated rings. The molecule has 0 aromatic heterocycles. The third-order valence-electron chi connectivity index (χ3n) is 9.82. The predicted octanol–water partition coefficient (Wildman–Crippen LogP) is 11.7. The molecule has 0 aromatic rings. The van der Waals surface area contributed by atoms with Crippen molar-refractivity contribution >= 4 is 0 Å². The summed E-state index contributed by atoms with van der Waals surface area (Å²) in [6, 6.07) is 0. The van der Waals surface area contributed by atoms with E-state index in [2.05, 4.69) is 65.9 Å². The zero-order valence-corrected chi connectivity index (χ0v) is 34.4. The van der Waals surface area contributed by atoms with Gasteiger partial charge in [-0.05, 0) is 64.2 Å². The Labute approximate surface area is 310 Å². The first-order valence-electron chi connectivity index (χ1n) is 21.3. The SMILES string of the molecule is C=CCOC(CCCCCCCC/C=C\CCCCCCCC)C(CCCCCCCC/C=C\CCCCCCCC)C[N+](C)(C)C.[Cl-]. The van der Waals surface area contributed by atoms with Crippen LogP contribution in [0, 0.1) is 5.92 Å². The minimum Gasteiger partial charge on any atom is -1.00 e. The van der Waals surface area contributed by atoms with Crippen LogP contribution in [0.4, 0.5) is 0 Å². The molecule has 0 saturated carbocycles. The Hall–Kier alpha value is -0.570. The van der Waals surface area contributed by atoms with Crippen molar-refractivity contribution in [1.29, 1.82) is 0 Å². The largest absolute Gasteiger partial charge is 1.00 e. The van der Waals surface area contributed by atoms with E-state index in [0.717, 1.165) is 4.48 Å². The third kappa shape index (κ3) is 38.2. The number of rotatable bonds is 38. The lowest BCUT2D eigenvalue weighted by Gasteiger charge is -2.34. The van der Waals surface area contributed by atoms with Crippen molar-refractivity contribution in [3.05, 3.63) is 37.0 Å². The van der Waals surface area contributed by atoms with E-state index in [4.69, 9.17) is 4.74 Å². The van der Waals surface area contributed by atoms with Gasteiger partial charge in [0.25, 0.3) is 0 Å². The van der Waals surface area contributed by atoms with Gasteiger partial charge in [0, 0.05) is 5.92 Å². The summed E-state index contributed by atoms with van der Waals surface area (Å²) in [5.74, 6) is 0.648. The molecule has 0 saturated heterocycles. The second-order valence-electron chi connectivity index (χ2n) is 15.8. The Kier molecular flexibility index (Phi) is 40.5. The average molecular weight is 695 g/mol. The van der Waals surface area contributed by atoms with Crippen LogP contribution in [0.2, 0.25) is 0 Å². The van der Waals surface area contributed by atoms with Gasteiger partial charge >= 0.3 is 0 Å². The number of nitrogens with zero attached hydrogens (tertiary/aromatic N) is 1. The molecule has 0 rings (SSSR count). The Morgan fingerprint density at radius 3 is 1.17 bits per heavy atom. The second kappa shape index (κ2) is 39.2. The van der Waals surface area contributed by atoms with Crippen molar-refractivity contribution in [2.45, 2.75) is 213 Å². The smallest absolute Gasteiger partial charge is 0.0834 e. The summed E-state index contributed by atoms with van der Waals surface area (Å²) in [7, 11) is 7.05. The van der Waals surface area contributed by atoms with E-state index in [9.17, 15) is 0 Å². The minimum absolute atomic E-state index is 0. The van der Waals surface area contributed by atoms with Crippen LogP contribution in [0.25, 0.3) is 0 Å². The number of allylic oxidation sites excluding steroid dienone is 4. The van der Waals surface area contributed by atoms with Crippen LogP contribution in [-0.4, -0.2) is 44.9 Å². The topological polar surface area (TPSA) is 9.23 Å². The van der Waals surface area contributed by atoms with E-state index >= 15 is 0 Å². The van der Waals surface area contributed by atoms with E-state index < -0.39 is 0 Å². The van der Waals surface area contributed by atoms with Gasteiger partial charge in [-0.3, -0.25) is 0 Å². The second-order valence-corrected chi connectivity index (χ2v) is 15.8. The number of unbranched alkanes of at least 4 members (excludes halogenated alkanes) is 24. The van der Waals surface area contributed by atoms with Gasteiger partial charge in [-0.1, -0.05) is 173 Å². The van der Waals surface area contributed by atoms with E-state index in [0.29, 0.717) is 18.6 Å². The van der Waals surface area contributed by atoms with Crippen LogP contribution in [0.15, 0.2) is 37.0 Å². The number of halogens is 1. The van der Waals surface area contributed by atoms with Crippen molar-refractivity contribution in [1.82, 2.24) is 0 Å². The standard InChI is InChI=1S/C45H88NO.ClH/c1-7-10-12-14-16-18-20-22-24-26-28-30-32-34-36-38-40-44(43-46(4,5)6)45(47-42-9-3)41-39-37-35-33-31-29-27-25-23-21-19-17-15-13-11-8-2;/h9,22-25,44-45H,3,7-8,10-21,26-43H2,1-2,4-6H3;1H/q+1;/p-1/b24-22-,25-23-;. The van der Waals surface area contributed by atoms with Gasteiger partial charge in [0.05, 0.1) is 40.4 Å². The number of ether oxygens (including phenoxy) is 1. The highest BCUT2D eigenvalue weighted by Crippen LogP contribution is 2.25. The highest BCUT2D eigenvalue weighted by atomic mass is 35.5. The average Bonchev–Trinajstić information content (AvgIpc) is 3.04. The first-order chi connectivity index (χ1) is 22.9. The highest BCUT2D eigenvalue weighted by Gasteiger charge is 2.27. The number of hydrogen-bond donors (Lipinski definition) is 0. The summed E-state index contributed by atoms with van der Waals surface area (Å²) >= 11 is 0. The third-order valence-corrected chi connectivity index (χ3v) is 9.82. The number of quaternary nitrogens is 1. The number of hydrogen-bond acceptors (Lipinski definition) is 1. The molecular formula is C45H88ClNO. The van der Waals surface area contributed by atoms with Crippen molar-refractivity contribution in [2.75, 3.05) is 34.3 Å². The molecule has 0 bridgehead atoms. The van der Waals surface area contributed by atoms with Crippen LogP contribution in [0.3, 0.4) is 0 Å². The fraction of sp³-hybridized carbons (Fsp3) is 0.867. The van der Waals surface area contributed by atoms with E-state index in [1.165, 1.54) is 199 Å². The molecule has 0 aromatic carbocycles. The lowest BCUT2D eigenvalue weighted by atomic mass is 9.90. The van der Waals surface area contributed by atoms with E-state index in [1.807, 2.05) is 6.08 Å². The maximum atomic E-state index is 6.46. The fourth-order valence-electron chi connectivity index (χ4n) is 6.99. The molecule has 286 valence electrons. The van der Waals surface area contributed by atoms with Gasteiger partial charge in [0.15, 0.2) is 0 Å². The van der Waals surface area contributed by atoms with Crippen molar-refractivity contribution < 1.29 is 21.6 Å². The van der Waals surface area contributed by atoms with Gasteiger partial charge in [0.2, 0.25) is 0 Å². The molecule has 2 atom stereocenters. The molecule has 3 heteroatoms. The van der Waals surface area contributed by atoms with Crippen molar-refractivity contribution in [3.63, 3.8) is 0 Å². The molecule has 0 aliphatic rings. The molecule has 0 aliphatic carbocycles. The monoisotopic (exact) mass is 694 g/mol. The summed E-state index contributed by atoms with van der Waals surface area (Å²) in [4.78, 5) is 0. The quantitative estimate of drug-likeness (QED) is 0.0355. The minimum atomic E-state index is 0. The summed E-state index contributed by atoms with van der Waals surface area (Å²) in [6.45, 7) is 10.4. The summed E-state index contributed by atoms with van der Waals surface area (Å²) in [5.41, 5.74) is 0. The molecule has 0 aliphatic heterocycles. The van der Waals surface area contributed by atoms with Gasteiger partial charge in [-0.25, -0.2) is 0 Å². The lowest BCUT2D eigenvalue weighted by Crippen LogP contribution is -3.00. The lowest BCUT2D eigenvalue weighted by molar-refractivity contribution is -0.874. The van der Waals surface area contributed by atoms with Gasteiger partial charge in [-0.2, -0.15) is 0 Å². The first kappa shape index (κ1) is 49.5. The zero-order valence-electron chi connectivity index (χ0n) is 33.6. The van der Waals surface area contributed by atoms with Gasteiger partial charge in [0.1, 0.15) is 0 Å². The Balaban J connectivity index is 0. The maximum Gasteiger partial charge on any atom is 0.0834 e. The summed E-state index contributed by atoms with van der Waals surface area (Å²) in [6.07, 6.45) is 53.0. The van der Waals surface area contributed by atoms with Crippen LogP contribution in [0.5, 0.6) is 0 Å². The van der Waals surface area contributed by atoms with Crippen molar-refractivity contribution in [2.24, 2.45) is 5.92 Å². The molecule has 48 heavy (non-hydrogen) atoms. The molecule has 2 unspecified atom stereocenters.